The summed E-state index contributed by atoms with van der Waals surface area (Å²) in [4.78, 5) is 1.96. The molecule has 0 amide bonds. The fourth-order valence-electron chi connectivity index (χ4n) is 3.36. The molecule has 2 atom stereocenters. The molecular weight excluding hydrogens is 277 g/mol. The molecule has 1 saturated carbocycles. The molecular formula is C16H23F3N2. The van der Waals surface area contributed by atoms with Crippen molar-refractivity contribution in [3.8, 4) is 0 Å². The Kier molecular flexibility index (Phi) is 4.51. The van der Waals surface area contributed by atoms with Crippen molar-refractivity contribution in [2.24, 2.45) is 11.7 Å². The Morgan fingerprint density at radius 2 is 2.10 bits per heavy atom. The van der Waals surface area contributed by atoms with E-state index in [0.717, 1.165) is 11.3 Å². The van der Waals surface area contributed by atoms with Crippen LogP contribution in [0.1, 0.15) is 31.2 Å². The van der Waals surface area contributed by atoms with Crippen LogP contribution in [0.4, 0.5) is 18.9 Å². The van der Waals surface area contributed by atoms with Crippen LogP contribution >= 0.6 is 0 Å². The van der Waals surface area contributed by atoms with Crippen molar-refractivity contribution in [2.75, 3.05) is 18.5 Å². The Morgan fingerprint density at radius 3 is 2.67 bits per heavy atom. The summed E-state index contributed by atoms with van der Waals surface area (Å²) >= 11 is 0. The van der Waals surface area contributed by atoms with Crippen molar-refractivity contribution < 1.29 is 13.2 Å². The molecule has 2 rings (SSSR count). The van der Waals surface area contributed by atoms with E-state index in [1.54, 1.807) is 0 Å². The second-order valence-corrected chi connectivity index (χ2v) is 6.16. The first-order chi connectivity index (χ1) is 9.78. The van der Waals surface area contributed by atoms with Crippen molar-refractivity contribution in [2.45, 2.75) is 44.3 Å². The third-order valence-electron chi connectivity index (χ3n) is 4.76. The number of aryl methyl sites for hydroxylation is 1. The van der Waals surface area contributed by atoms with Gasteiger partial charge in [-0.2, -0.15) is 13.2 Å². The maximum Gasteiger partial charge on any atom is 0.391 e. The maximum atomic E-state index is 13.1. The zero-order valence-electron chi connectivity index (χ0n) is 12.6. The van der Waals surface area contributed by atoms with Gasteiger partial charge in [0.15, 0.2) is 0 Å². The molecule has 0 heterocycles. The highest BCUT2D eigenvalue weighted by atomic mass is 19.4. The molecule has 0 bridgehead atoms. The Bertz CT molecular complexity index is 487. The highest BCUT2D eigenvalue weighted by molar-refractivity contribution is 5.50. The Labute approximate surface area is 124 Å². The number of halogens is 3. The van der Waals surface area contributed by atoms with Gasteiger partial charge in [0.1, 0.15) is 0 Å². The van der Waals surface area contributed by atoms with Gasteiger partial charge in [0.05, 0.1) is 11.5 Å². The second kappa shape index (κ2) is 5.87. The number of anilines is 1. The molecule has 2 unspecified atom stereocenters. The van der Waals surface area contributed by atoms with Crippen molar-refractivity contribution in [3.05, 3.63) is 29.8 Å². The summed E-state index contributed by atoms with van der Waals surface area (Å²) in [6.45, 7) is 2.22. The molecule has 118 valence electrons. The summed E-state index contributed by atoms with van der Waals surface area (Å²) in [7, 11) is 1.86. The minimum atomic E-state index is -4.13. The quantitative estimate of drug-likeness (QED) is 0.918. The van der Waals surface area contributed by atoms with Crippen LogP contribution in [0.2, 0.25) is 0 Å². The molecule has 1 aromatic rings. The molecule has 2 nitrogen and oxygen atoms in total. The van der Waals surface area contributed by atoms with Crippen molar-refractivity contribution in [1.29, 1.82) is 0 Å². The predicted octanol–water partition coefficient (Wildman–Crippen LogP) is 3.88. The number of likely N-dealkylation sites (N-methyl/N-ethyl adjacent to an activating group) is 1. The van der Waals surface area contributed by atoms with E-state index in [9.17, 15) is 13.2 Å². The van der Waals surface area contributed by atoms with E-state index in [1.165, 1.54) is 0 Å². The number of rotatable bonds is 3. The summed E-state index contributed by atoms with van der Waals surface area (Å²) in [5.41, 5.74) is 7.33. The van der Waals surface area contributed by atoms with E-state index >= 15 is 0 Å². The lowest BCUT2D eigenvalue weighted by Crippen LogP contribution is -2.56. The van der Waals surface area contributed by atoms with Gasteiger partial charge in [-0.1, -0.05) is 18.6 Å². The number of alkyl halides is 3. The first kappa shape index (κ1) is 16.1. The van der Waals surface area contributed by atoms with E-state index in [2.05, 4.69) is 0 Å². The van der Waals surface area contributed by atoms with Crippen LogP contribution in [0.15, 0.2) is 24.3 Å². The van der Waals surface area contributed by atoms with Crippen LogP contribution in [-0.4, -0.2) is 25.3 Å². The number of hydrogen-bond donors (Lipinski definition) is 1. The second-order valence-electron chi connectivity index (χ2n) is 6.16. The monoisotopic (exact) mass is 300 g/mol. The molecule has 21 heavy (non-hydrogen) atoms. The smallest absolute Gasteiger partial charge is 0.368 e. The van der Waals surface area contributed by atoms with Gasteiger partial charge in [-0.25, -0.2) is 0 Å². The minimum absolute atomic E-state index is 0.0808. The van der Waals surface area contributed by atoms with Crippen LogP contribution in [0.25, 0.3) is 0 Å². The molecule has 0 spiro atoms. The molecule has 0 aromatic heterocycles. The standard InChI is InChI=1S/C16H23F3N2/c1-12-5-3-7-14(9-12)21(2)15(11-20)8-4-6-13(10-15)16(17,18)19/h3,5,7,9,13H,4,6,8,10-11,20H2,1-2H3. The van der Waals surface area contributed by atoms with Gasteiger partial charge >= 0.3 is 6.18 Å². The minimum Gasteiger partial charge on any atom is -0.368 e. The Balaban J connectivity index is 2.28. The van der Waals surface area contributed by atoms with E-state index in [0.29, 0.717) is 12.8 Å². The van der Waals surface area contributed by atoms with Crippen molar-refractivity contribution in [3.63, 3.8) is 0 Å². The zero-order valence-corrected chi connectivity index (χ0v) is 12.6. The van der Waals surface area contributed by atoms with Gasteiger partial charge in [-0.05, 0) is 43.9 Å². The molecule has 1 fully saturated rings. The van der Waals surface area contributed by atoms with Crippen LogP contribution in [-0.2, 0) is 0 Å². The zero-order chi connectivity index (χ0) is 15.7. The fourth-order valence-corrected chi connectivity index (χ4v) is 3.36. The van der Waals surface area contributed by atoms with Crippen molar-refractivity contribution >= 4 is 5.69 Å². The fraction of sp³-hybridized carbons (Fsp3) is 0.625. The molecule has 1 aromatic carbocycles. The van der Waals surface area contributed by atoms with Gasteiger partial charge in [0.2, 0.25) is 0 Å². The molecule has 1 aliphatic rings. The topological polar surface area (TPSA) is 29.3 Å². The highest BCUT2D eigenvalue weighted by Gasteiger charge is 2.48. The van der Waals surface area contributed by atoms with Gasteiger partial charge in [0, 0.05) is 19.3 Å². The first-order valence-electron chi connectivity index (χ1n) is 7.36. The first-order valence-corrected chi connectivity index (χ1v) is 7.36. The summed E-state index contributed by atoms with van der Waals surface area (Å²) < 4.78 is 39.3. The third-order valence-corrected chi connectivity index (χ3v) is 4.76. The van der Waals surface area contributed by atoms with E-state index in [-0.39, 0.29) is 19.4 Å². The highest BCUT2D eigenvalue weighted by Crippen LogP contribution is 2.44. The summed E-state index contributed by atoms with van der Waals surface area (Å²) in [5.74, 6) is -1.25. The van der Waals surface area contributed by atoms with Crippen LogP contribution in [0, 0.1) is 12.8 Å². The van der Waals surface area contributed by atoms with Gasteiger partial charge in [-0.3, -0.25) is 0 Å². The van der Waals surface area contributed by atoms with Crippen LogP contribution < -0.4 is 10.6 Å². The SMILES string of the molecule is Cc1cccc(N(C)C2(CN)CCCC(C(F)(F)F)C2)c1. The van der Waals surface area contributed by atoms with Crippen LogP contribution in [0.5, 0.6) is 0 Å². The largest absolute Gasteiger partial charge is 0.391 e. The lowest BCUT2D eigenvalue weighted by Gasteiger charge is -2.48. The summed E-state index contributed by atoms with van der Waals surface area (Å²) in [6, 6.07) is 7.83. The van der Waals surface area contributed by atoms with E-state index in [4.69, 9.17) is 5.73 Å². The molecule has 0 radical (unpaired) electrons. The van der Waals surface area contributed by atoms with Gasteiger partial charge < -0.3 is 10.6 Å². The summed E-state index contributed by atoms with van der Waals surface area (Å²) in [6.07, 6.45) is -2.56. The number of nitrogens with two attached hydrogens (primary N) is 1. The van der Waals surface area contributed by atoms with Gasteiger partial charge in [0.25, 0.3) is 0 Å². The molecule has 0 saturated heterocycles. The van der Waals surface area contributed by atoms with E-state index < -0.39 is 17.6 Å². The maximum absolute atomic E-state index is 13.1. The predicted molar refractivity (Wildman–Crippen MR) is 79.4 cm³/mol. The average Bonchev–Trinajstić information content (AvgIpc) is 2.45. The Morgan fingerprint density at radius 1 is 1.38 bits per heavy atom. The number of hydrogen-bond acceptors (Lipinski definition) is 2. The molecule has 0 aliphatic heterocycles. The lowest BCUT2D eigenvalue weighted by molar-refractivity contribution is -0.186. The molecule has 2 N–H and O–H groups in total. The third kappa shape index (κ3) is 3.34. The lowest BCUT2D eigenvalue weighted by atomic mass is 9.74. The number of benzene rings is 1. The molecule has 5 heteroatoms. The number of nitrogens with zero attached hydrogens (tertiary/aromatic N) is 1. The van der Waals surface area contributed by atoms with E-state index in [1.807, 2.05) is 43.1 Å². The Hall–Kier alpha value is -1.23. The van der Waals surface area contributed by atoms with Crippen LogP contribution in [0.3, 0.4) is 0 Å². The molecule has 1 aliphatic carbocycles. The summed E-state index contributed by atoms with van der Waals surface area (Å²) in [5, 5.41) is 0. The van der Waals surface area contributed by atoms with Crippen molar-refractivity contribution in [1.82, 2.24) is 0 Å². The normalized spacial score (nSPS) is 26.7. The average molecular weight is 300 g/mol. The van der Waals surface area contributed by atoms with Gasteiger partial charge in [-0.15, -0.1) is 0 Å².